The first-order valence-corrected chi connectivity index (χ1v) is 7.33. The summed E-state index contributed by atoms with van der Waals surface area (Å²) in [5, 5.41) is 3.14. The van der Waals surface area contributed by atoms with Crippen LogP contribution in [0.25, 0.3) is 0 Å². The molecule has 1 aliphatic heterocycles. The van der Waals surface area contributed by atoms with Crippen molar-refractivity contribution >= 4 is 12.2 Å². The van der Waals surface area contributed by atoms with Crippen molar-refractivity contribution in [2.45, 2.75) is 19.0 Å². The van der Waals surface area contributed by atoms with Gasteiger partial charge in [-0.3, -0.25) is 0 Å². The smallest absolute Gasteiger partial charge is 0.180 e. The van der Waals surface area contributed by atoms with Crippen LogP contribution in [0, 0.1) is 4.77 Å². The Kier molecular flexibility index (Phi) is 3.89. The summed E-state index contributed by atoms with van der Waals surface area (Å²) in [5.74, 6) is 1.00. The highest BCUT2D eigenvalue weighted by atomic mass is 32.1. The molecule has 0 radical (unpaired) electrons. The Balaban J connectivity index is 1.81. The van der Waals surface area contributed by atoms with E-state index in [0.717, 1.165) is 30.0 Å². The zero-order chi connectivity index (χ0) is 13.9. The Bertz CT molecular complexity index is 647. The fourth-order valence-electron chi connectivity index (χ4n) is 2.60. The van der Waals surface area contributed by atoms with Gasteiger partial charge in [-0.1, -0.05) is 18.2 Å². The van der Waals surface area contributed by atoms with Gasteiger partial charge in [0.1, 0.15) is 12.4 Å². The number of hydrogen-bond donors (Lipinski definition) is 1. The fourth-order valence-corrected chi connectivity index (χ4v) is 2.96. The summed E-state index contributed by atoms with van der Waals surface area (Å²) in [6.07, 6.45) is 5.10. The van der Waals surface area contributed by atoms with E-state index in [0.29, 0.717) is 6.61 Å². The third-order valence-corrected chi connectivity index (χ3v) is 4.17. The first kappa shape index (κ1) is 13.4. The van der Waals surface area contributed by atoms with Gasteiger partial charge >= 0.3 is 0 Å². The van der Waals surface area contributed by atoms with Crippen LogP contribution in [0.5, 0.6) is 5.75 Å². The van der Waals surface area contributed by atoms with E-state index in [2.05, 4.69) is 39.0 Å². The highest BCUT2D eigenvalue weighted by Gasteiger charge is 2.21. The predicted octanol–water partition coefficient (Wildman–Crippen LogP) is 2.41. The average Bonchev–Trinajstić information content (AvgIpc) is 2.85. The quantitative estimate of drug-likeness (QED) is 0.877. The zero-order valence-electron chi connectivity index (χ0n) is 11.6. The maximum atomic E-state index is 5.85. The molecular formula is C15H19N3OS. The number of nitrogens with one attached hydrogen (secondary N) is 1. The van der Waals surface area contributed by atoms with Gasteiger partial charge in [-0.05, 0) is 30.9 Å². The second-order valence-electron chi connectivity index (χ2n) is 5.06. The molecule has 5 heteroatoms. The predicted molar refractivity (Wildman–Crippen MR) is 81.9 cm³/mol. The first-order chi connectivity index (χ1) is 9.79. The Morgan fingerprint density at radius 3 is 3.05 bits per heavy atom. The van der Waals surface area contributed by atoms with Crippen molar-refractivity contribution in [1.29, 1.82) is 0 Å². The molecule has 1 aromatic carbocycles. The molecule has 2 heterocycles. The number of fused-ring (bicyclic) bond motifs is 1. The molecule has 0 spiro atoms. The van der Waals surface area contributed by atoms with Crippen molar-refractivity contribution in [3.05, 3.63) is 47.0 Å². The van der Waals surface area contributed by atoms with Gasteiger partial charge in [-0.15, -0.1) is 0 Å². The molecule has 0 saturated heterocycles. The van der Waals surface area contributed by atoms with Gasteiger partial charge in [0.05, 0.1) is 6.04 Å². The maximum absolute atomic E-state index is 5.85. The van der Waals surface area contributed by atoms with E-state index in [4.69, 9.17) is 17.0 Å². The van der Waals surface area contributed by atoms with Crippen molar-refractivity contribution in [3.8, 4) is 5.75 Å². The Morgan fingerprint density at radius 2 is 2.20 bits per heavy atom. The van der Waals surface area contributed by atoms with Crippen molar-refractivity contribution in [1.82, 2.24) is 14.5 Å². The average molecular weight is 289 g/mol. The van der Waals surface area contributed by atoms with Gasteiger partial charge in [0.2, 0.25) is 0 Å². The monoisotopic (exact) mass is 289 g/mol. The van der Waals surface area contributed by atoms with Crippen LogP contribution in [0.1, 0.15) is 11.6 Å². The van der Waals surface area contributed by atoms with Gasteiger partial charge in [-0.2, -0.15) is 0 Å². The number of benzene rings is 1. The number of imidazole rings is 1. The first-order valence-electron chi connectivity index (χ1n) is 6.92. The maximum Gasteiger partial charge on any atom is 0.180 e. The molecule has 0 saturated carbocycles. The Hall–Kier alpha value is -1.59. The third kappa shape index (κ3) is 2.51. The lowest BCUT2D eigenvalue weighted by atomic mass is 10.0. The lowest BCUT2D eigenvalue weighted by Crippen LogP contribution is -2.24. The summed E-state index contributed by atoms with van der Waals surface area (Å²) < 4.78 is 11.0. The summed E-state index contributed by atoms with van der Waals surface area (Å²) >= 11 is 5.56. The summed E-state index contributed by atoms with van der Waals surface area (Å²) in [5.41, 5.74) is 1.26. The molecule has 1 unspecified atom stereocenters. The van der Waals surface area contributed by atoms with Crippen LogP contribution in [-0.4, -0.2) is 29.3 Å². The zero-order valence-corrected chi connectivity index (χ0v) is 12.4. The molecule has 0 bridgehead atoms. The van der Waals surface area contributed by atoms with Crippen LogP contribution >= 0.6 is 12.2 Å². The number of likely N-dealkylation sites (N-methyl/N-ethyl adjacent to an activating group) is 1. The summed E-state index contributed by atoms with van der Waals surface area (Å²) in [4.78, 5) is 0. The Labute approximate surface area is 124 Å². The third-order valence-electron chi connectivity index (χ3n) is 3.73. The number of rotatable bonds is 4. The lowest BCUT2D eigenvalue weighted by Gasteiger charge is -2.26. The van der Waals surface area contributed by atoms with Crippen molar-refractivity contribution in [2.75, 3.05) is 20.2 Å². The molecule has 1 N–H and O–H groups in total. The van der Waals surface area contributed by atoms with E-state index in [9.17, 15) is 0 Å². The van der Waals surface area contributed by atoms with E-state index >= 15 is 0 Å². The fraction of sp³-hybridized carbons (Fsp3) is 0.400. The normalized spacial score (nSPS) is 17.6. The SMILES string of the molecule is CNCCn1ccn(C2COc3ccccc3C2)c1=S. The van der Waals surface area contributed by atoms with Crippen LogP contribution < -0.4 is 10.1 Å². The number of para-hydroxylation sites is 1. The standard InChI is InChI=1S/C15H19N3OS/c1-16-6-7-17-8-9-18(15(17)20)13-10-12-4-2-3-5-14(12)19-11-13/h2-5,8-9,13,16H,6-7,10-11H2,1H3. The van der Waals surface area contributed by atoms with Crippen molar-refractivity contribution in [2.24, 2.45) is 0 Å². The molecule has 1 aliphatic rings. The highest BCUT2D eigenvalue weighted by Crippen LogP contribution is 2.29. The van der Waals surface area contributed by atoms with Gasteiger partial charge in [0.15, 0.2) is 4.77 Å². The molecule has 1 atom stereocenters. The van der Waals surface area contributed by atoms with E-state index in [1.54, 1.807) is 0 Å². The molecular weight excluding hydrogens is 270 g/mol. The van der Waals surface area contributed by atoms with Crippen LogP contribution in [0.4, 0.5) is 0 Å². The van der Waals surface area contributed by atoms with E-state index < -0.39 is 0 Å². The lowest BCUT2D eigenvalue weighted by molar-refractivity contribution is 0.222. The molecule has 106 valence electrons. The number of nitrogens with zero attached hydrogens (tertiary/aromatic N) is 2. The molecule has 2 aromatic rings. The number of hydrogen-bond acceptors (Lipinski definition) is 3. The second-order valence-corrected chi connectivity index (χ2v) is 5.43. The summed E-state index contributed by atoms with van der Waals surface area (Å²) in [7, 11) is 1.95. The van der Waals surface area contributed by atoms with Crippen LogP contribution in [0.3, 0.4) is 0 Å². The van der Waals surface area contributed by atoms with Gasteiger partial charge in [0, 0.05) is 31.9 Å². The summed E-state index contributed by atoms with van der Waals surface area (Å²) in [6.45, 7) is 2.50. The topological polar surface area (TPSA) is 31.1 Å². The molecule has 0 fully saturated rings. The molecule has 1 aromatic heterocycles. The minimum absolute atomic E-state index is 0.285. The van der Waals surface area contributed by atoms with Crippen molar-refractivity contribution in [3.63, 3.8) is 0 Å². The van der Waals surface area contributed by atoms with Crippen molar-refractivity contribution < 1.29 is 4.74 Å². The molecule has 3 rings (SSSR count). The number of ether oxygens (including phenoxy) is 1. The largest absolute Gasteiger partial charge is 0.491 e. The van der Waals surface area contributed by atoms with E-state index in [-0.39, 0.29) is 6.04 Å². The Morgan fingerprint density at radius 1 is 1.35 bits per heavy atom. The van der Waals surface area contributed by atoms with E-state index in [1.807, 2.05) is 19.2 Å². The number of aromatic nitrogens is 2. The highest BCUT2D eigenvalue weighted by molar-refractivity contribution is 7.71. The van der Waals surface area contributed by atoms with Crippen LogP contribution in [-0.2, 0) is 13.0 Å². The summed E-state index contributed by atoms with van der Waals surface area (Å²) in [6, 6.07) is 8.51. The minimum atomic E-state index is 0.285. The van der Waals surface area contributed by atoms with Gasteiger partial charge < -0.3 is 19.2 Å². The van der Waals surface area contributed by atoms with Gasteiger partial charge in [-0.25, -0.2) is 0 Å². The molecule has 0 amide bonds. The molecule has 0 aliphatic carbocycles. The molecule has 4 nitrogen and oxygen atoms in total. The second kappa shape index (κ2) is 5.81. The van der Waals surface area contributed by atoms with E-state index in [1.165, 1.54) is 5.56 Å². The van der Waals surface area contributed by atoms with Crippen LogP contribution in [0.2, 0.25) is 0 Å². The van der Waals surface area contributed by atoms with Gasteiger partial charge in [0.25, 0.3) is 0 Å². The molecule has 20 heavy (non-hydrogen) atoms. The minimum Gasteiger partial charge on any atom is -0.491 e. The van der Waals surface area contributed by atoms with Crippen LogP contribution in [0.15, 0.2) is 36.7 Å².